The molecule has 2 bridgehead atoms. The van der Waals surface area contributed by atoms with Gasteiger partial charge in [0.25, 0.3) is 0 Å². The Hall–Kier alpha value is -0.790. The van der Waals surface area contributed by atoms with Crippen LogP contribution in [0.3, 0.4) is 0 Å². The fourth-order valence-corrected chi connectivity index (χ4v) is 3.45. The largest absolute Gasteiger partial charge is 0.310 e. The van der Waals surface area contributed by atoms with Crippen molar-refractivity contribution in [1.29, 1.82) is 0 Å². The average Bonchev–Trinajstić information content (AvgIpc) is 2.99. The highest BCUT2D eigenvalue weighted by atomic mass is 35.5. The summed E-state index contributed by atoms with van der Waals surface area (Å²) < 4.78 is 0. The minimum atomic E-state index is 0.408. The van der Waals surface area contributed by atoms with Gasteiger partial charge >= 0.3 is 0 Å². The van der Waals surface area contributed by atoms with E-state index in [0.29, 0.717) is 6.04 Å². The Labute approximate surface area is 114 Å². The van der Waals surface area contributed by atoms with Gasteiger partial charge in [0, 0.05) is 11.1 Å². The third kappa shape index (κ3) is 2.48. The van der Waals surface area contributed by atoms with Gasteiger partial charge < -0.3 is 5.32 Å². The first-order valence-electron chi connectivity index (χ1n) is 6.89. The van der Waals surface area contributed by atoms with Gasteiger partial charge in [-0.15, -0.1) is 0 Å². The highest BCUT2D eigenvalue weighted by molar-refractivity contribution is 6.30. The van der Waals surface area contributed by atoms with Crippen LogP contribution in [-0.4, -0.2) is 6.54 Å². The summed E-state index contributed by atoms with van der Waals surface area (Å²) in [6.45, 7) is 3.36. The highest BCUT2D eigenvalue weighted by Gasteiger charge is 2.35. The number of hydrogen-bond donors (Lipinski definition) is 1. The molecule has 1 aromatic carbocycles. The molecular weight excluding hydrogens is 242 g/mol. The first kappa shape index (κ1) is 12.3. The van der Waals surface area contributed by atoms with Gasteiger partial charge in [-0.1, -0.05) is 35.9 Å². The third-order valence-electron chi connectivity index (χ3n) is 4.47. The zero-order valence-electron chi connectivity index (χ0n) is 10.8. The van der Waals surface area contributed by atoms with E-state index in [1.165, 1.54) is 18.4 Å². The molecule has 2 aliphatic carbocycles. The van der Waals surface area contributed by atoms with Crippen LogP contribution in [0.4, 0.5) is 0 Å². The Kier molecular flexibility index (Phi) is 3.45. The van der Waals surface area contributed by atoms with Crippen molar-refractivity contribution in [2.75, 3.05) is 6.54 Å². The molecule has 0 radical (unpaired) electrons. The van der Waals surface area contributed by atoms with Crippen molar-refractivity contribution in [2.45, 2.75) is 25.8 Å². The molecule has 3 rings (SSSR count). The summed E-state index contributed by atoms with van der Waals surface area (Å²) in [5.41, 5.74) is 1.32. The summed E-state index contributed by atoms with van der Waals surface area (Å²) in [4.78, 5) is 0. The number of halogens is 1. The molecule has 1 saturated carbocycles. The molecule has 4 atom stereocenters. The maximum Gasteiger partial charge on any atom is 0.0406 e. The van der Waals surface area contributed by atoms with Crippen molar-refractivity contribution in [3.05, 3.63) is 47.0 Å². The first-order valence-corrected chi connectivity index (χ1v) is 7.27. The average molecular weight is 262 g/mol. The van der Waals surface area contributed by atoms with Crippen LogP contribution in [0.2, 0.25) is 5.02 Å². The maximum absolute atomic E-state index is 5.91. The van der Waals surface area contributed by atoms with E-state index in [4.69, 9.17) is 11.6 Å². The normalized spacial score (nSPS) is 30.9. The second-order valence-electron chi connectivity index (χ2n) is 5.72. The van der Waals surface area contributed by atoms with Crippen LogP contribution in [-0.2, 0) is 0 Å². The van der Waals surface area contributed by atoms with Crippen LogP contribution in [0.25, 0.3) is 0 Å². The van der Waals surface area contributed by atoms with Crippen LogP contribution in [0, 0.1) is 17.8 Å². The Bertz CT molecular complexity index is 437. The molecule has 1 aromatic rings. The molecule has 18 heavy (non-hydrogen) atoms. The van der Waals surface area contributed by atoms with E-state index in [1.54, 1.807) is 0 Å². The van der Waals surface area contributed by atoms with Gasteiger partial charge in [0.15, 0.2) is 0 Å². The summed E-state index contributed by atoms with van der Waals surface area (Å²) in [6.07, 6.45) is 7.60. The van der Waals surface area contributed by atoms with Crippen molar-refractivity contribution in [3.63, 3.8) is 0 Å². The second-order valence-corrected chi connectivity index (χ2v) is 6.16. The smallest absolute Gasteiger partial charge is 0.0406 e. The number of rotatable bonds is 4. The van der Waals surface area contributed by atoms with Crippen molar-refractivity contribution in [2.24, 2.45) is 17.8 Å². The Morgan fingerprint density at radius 3 is 2.61 bits per heavy atom. The number of fused-ring (bicyclic) bond motifs is 2. The van der Waals surface area contributed by atoms with Gasteiger partial charge in [0.05, 0.1) is 0 Å². The fraction of sp³-hybridized carbons (Fsp3) is 0.500. The lowest BCUT2D eigenvalue weighted by molar-refractivity contribution is 0.393. The standard InChI is InChI=1S/C16H20ClN/c1-11(13-4-6-16(17)7-5-13)18-10-15-9-12-2-3-14(15)8-12/h2-7,11-12,14-15,18H,8-10H2,1H3/t11-,12?,14?,15?/m0/s1. The summed E-state index contributed by atoms with van der Waals surface area (Å²) in [7, 11) is 0. The SMILES string of the molecule is C[C@H](NCC1CC2C=CC1C2)c1ccc(Cl)cc1. The van der Waals surface area contributed by atoms with Gasteiger partial charge in [0.1, 0.15) is 0 Å². The number of allylic oxidation sites excluding steroid dienone is 2. The third-order valence-corrected chi connectivity index (χ3v) is 4.72. The molecule has 0 spiro atoms. The number of nitrogens with one attached hydrogen (secondary N) is 1. The van der Waals surface area contributed by atoms with Gasteiger partial charge in [0.2, 0.25) is 0 Å². The first-order chi connectivity index (χ1) is 8.72. The van der Waals surface area contributed by atoms with Gasteiger partial charge in [-0.05, 0) is 61.8 Å². The van der Waals surface area contributed by atoms with Crippen molar-refractivity contribution >= 4 is 11.6 Å². The quantitative estimate of drug-likeness (QED) is 0.801. The van der Waals surface area contributed by atoms with Gasteiger partial charge in [-0.3, -0.25) is 0 Å². The van der Waals surface area contributed by atoms with E-state index in [1.807, 2.05) is 12.1 Å². The topological polar surface area (TPSA) is 12.0 Å². The molecule has 1 nitrogen and oxygen atoms in total. The van der Waals surface area contributed by atoms with Crippen LogP contribution in [0.15, 0.2) is 36.4 Å². The van der Waals surface area contributed by atoms with Crippen LogP contribution < -0.4 is 5.32 Å². The number of benzene rings is 1. The minimum Gasteiger partial charge on any atom is -0.310 e. The molecule has 96 valence electrons. The van der Waals surface area contributed by atoms with Gasteiger partial charge in [-0.2, -0.15) is 0 Å². The van der Waals surface area contributed by atoms with Crippen molar-refractivity contribution in [3.8, 4) is 0 Å². The lowest BCUT2D eigenvalue weighted by Gasteiger charge is -2.22. The van der Waals surface area contributed by atoms with E-state index >= 15 is 0 Å². The molecule has 1 fully saturated rings. The van der Waals surface area contributed by atoms with E-state index in [-0.39, 0.29) is 0 Å². The second kappa shape index (κ2) is 5.07. The zero-order chi connectivity index (χ0) is 12.5. The lowest BCUT2D eigenvalue weighted by Crippen LogP contribution is -2.27. The summed E-state index contributed by atoms with van der Waals surface area (Å²) in [5, 5.41) is 4.48. The van der Waals surface area contributed by atoms with E-state index in [0.717, 1.165) is 29.3 Å². The molecule has 2 aliphatic rings. The Morgan fingerprint density at radius 2 is 2.00 bits per heavy atom. The predicted octanol–water partition coefficient (Wildman–Crippen LogP) is 4.20. The maximum atomic E-state index is 5.91. The summed E-state index contributed by atoms with van der Waals surface area (Å²) in [6, 6.07) is 8.57. The molecule has 0 saturated heterocycles. The summed E-state index contributed by atoms with van der Waals surface area (Å²) in [5.74, 6) is 2.54. The lowest BCUT2D eigenvalue weighted by atomic mass is 9.93. The number of hydrogen-bond acceptors (Lipinski definition) is 1. The van der Waals surface area contributed by atoms with E-state index in [9.17, 15) is 0 Å². The van der Waals surface area contributed by atoms with Crippen molar-refractivity contribution < 1.29 is 0 Å². The molecule has 0 aliphatic heterocycles. The predicted molar refractivity (Wildman–Crippen MR) is 76.7 cm³/mol. The molecule has 3 unspecified atom stereocenters. The fourth-order valence-electron chi connectivity index (χ4n) is 3.33. The zero-order valence-corrected chi connectivity index (χ0v) is 11.5. The Morgan fingerprint density at radius 1 is 1.22 bits per heavy atom. The molecule has 1 N–H and O–H groups in total. The van der Waals surface area contributed by atoms with E-state index in [2.05, 4.69) is 36.5 Å². The summed E-state index contributed by atoms with van der Waals surface area (Å²) >= 11 is 5.91. The highest BCUT2D eigenvalue weighted by Crippen LogP contribution is 2.43. The molecule has 2 heteroatoms. The molecule has 0 heterocycles. The molecule has 0 aromatic heterocycles. The van der Waals surface area contributed by atoms with E-state index < -0.39 is 0 Å². The Balaban J connectivity index is 1.54. The van der Waals surface area contributed by atoms with Crippen LogP contribution >= 0.6 is 11.6 Å². The van der Waals surface area contributed by atoms with Crippen LogP contribution in [0.1, 0.15) is 31.4 Å². The van der Waals surface area contributed by atoms with Crippen LogP contribution in [0.5, 0.6) is 0 Å². The van der Waals surface area contributed by atoms with Gasteiger partial charge in [-0.25, -0.2) is 0 Å². The monoisotopic (exact) mass is 261 g/mol. The minimum absolute atomic E-state index is 0.408. The molecule has 0 amide bonds. The van der Waals surface area contributed by atoms with Crippen molar-refractivity contribution in [1.82, 2.24) is 5.32 Å². The molecular formula is C16H20ClN.